The minimum absolute atomic E-state index is 0.0881. The van der Waals surface area contributed by atoms with E-state index in [0.29, 0.717) is 0 Å². The van der Waals surface area contributed by atoms with Gasteiger partial charge in [-0.05, 0) is 86.9 Å². The van der Waals surface area contributed by atoms with Crippen LogP contribution in [0.3, 0.4) is 0 Å². The molecule has 0 fully saturated rings. The molecule has 0 amide bonds. The van der Waals surface area contributed by atoms with Crippen molar-refractivity contribution in [3.05, 3.63) is 102 Å². The monoisotopic (exact) mass is 520 g/mol. The van der Waals surface area contributed by atoms with Crippen LogP contribution < -0.4 is 4.74 Å². The van der Waals surface area contributed by atoms with Gasteiger partial charge in [-0.2, -0.15) is 0 Å². The number of rotatable bonds is 7. The number of hydrogen-bond acceptors (Lipinski definition) is 3. The SMILES string of the molecule is COCOc1ccccc1-c1ccc(-c2ccc(C(=O)O)cc2)cc1-c1ccc2c(c1)C(C)(C)CCC2(C)C. The molecule has 0 saturated heterocycles. The maximum Gasteiger partial charge on any atom is 0.335 e. The average Bonchev–Trinajstić information content (AvgIpc) is 2.94. The van der Waals surface area contributed by atoms with Gasteiger partial charge < -0.3 is 14.6 Å². The standard InChI is InChI=1S/C35H36O4/c1-34(2)18-19-35(3,4)31-21-26(15-17-30(31)34)29-20-25(23-10-12-24(13-11-23)33(36)37)14-16-27(29)28-8-6-7-9-32(28)39-22-38-5/h6-17,20-21H,18-19,22H2,1-5H3,(H,36,37). The second-order valence-electron chi connectivity index (χ2n) is 11.7. The first kappa shape index (κ1) is 26.7. The molecular weight excluding hydrogens is 484 g/mol. The largest absolute Gasteiger partial charge is 0.478 e. The van der Waals surface area contributed by atoms with Crippen molar-refractivity contribution in [1.82, 2.24) is 0 Å². The molecule has 4 nitrogen and oxygen atoms in total. The molecule has 1 N–H and O–H groups in total. The molecule has 0 unspecified atom stereocenters. The van der Waals surface area contributed by atoms with Gasteiger partial charge in [0.25, 0.3) is 0 Å². The van der Waals surface area contributed by atoms with Gasteiger partial charge in [-0.15, -0.1) is 0 Å². The topological polar surface area (TPSA) is 55.8 Å². The fraction of sp³-hybridized carbons (Fsp3) is 0.286. The van der Waals surface area contributed by atoms with E-state index in [9.17, 15) is 9.90 Å². The lowest BCUT2D eigenvalue weighted by atomic mass is 9.63. The summed E-state index contributed by atoms with van der Waals surface area (Å²) >= 11 is 0. The zero-order valence-corrected chi connectivity index (χ0v) is 23.4. The van der Waals surface area contributed by atoms with Crippen molar-refractivity contribution in [3.8, 4) is 39.1 Å². The zero-order valence-electron chi connectivity index (χ0n) is 23.4. The van der Waals surface area contributed by atoms with E-state index in [1.165, 1.54) is 17.5 Å². The van der Waals surface area contributed by atoms with Crippen molar-refractivity contribution in [2.24, 2.45) is 0 Å². The van der Waals surface area contributed by atoms with Gasteiger partial charge in [-0.25, -0.2) is 4.79 Å². The van der Waals surface area contributed by atoms with Crippen LogP contribution in [0.4, 0.5) is 0 Å². The van der Waals surface area contributed by atoms with Crippen LogP contribution in [0.5, 0.6) is 5.75 Å². The Morgan fingerprint density at radius 2 is 1.36 bits per heavy atom. The second kappa shape index (κ2) is 10.3. The zero-order chi connectivity index (χ0) is 27.8. The first-order valence-electron chi connectivity index (χ1n) is 13.4. The highest BCUT2D eigenvalue weighted by Crippen LogP contribution is 2.48. The summed E-state index contributed by atoms with van der Waals surface area (Å²) < 4.78 is 11.2. The fourth-order valence-electron chi connectivity index (χ4n) is 5.70. The van der Waals surface area contributed by atoms with Crippen molar-refractivity contribution in [2.45, 2.75) is 51.4 Å². The number of para-hydroxylation sites is 1. The van der Waals surface area contributed by atoms with Crippen LogP contribution in [0, 0.1) is 0 Å². The normalized spacial score (nSPS) is 15.4. The van der Waals surface area contributed by atoms with Gasteiger partial charge in [0, 0.05) is 12.7 Å². The van der Waals surface area contributed by atoms with E-state index in [-0.39, 0.29) is 23.2 Å². The summed E-state index contributed by atoms with van der Waals surface area (Å²) in [6, 6.07) is 28.5. The molecule has 200 valence electrons. The smallest absolute Gasteiger partial charge is 0.335 e. The molecule has 0 heterocycles. The molecule has 0 atom stereocenters. The highest BCUT2D eigenvalue weighted by molar-refractivity contribution is 5.91. The number of fused-ring (bicyclic) bond motifs is 1. The van der Waals surface area contributed by atoms with Gasteiger partial charge >= 0.3 is 5.97 Å². The van der Waals surface area contributed by atoms with Gasteiger partial charge in [0.05, 0.1) is 5.56 Å². The van der Waals surface area contributed by atoms with Crippen LogP contribution >= 0.6 is 0 Å². The van der Waals surface area contributed by atoms with Crippen LogP contribution in [0.25, 0.3) is 33.4 Å². The van der Waals surface area contributed by atoms with Gasteiger partial charge in [0.1, 0.15) is 5.75 Å². The Bertz CT molecular complexity index is 1510. The molecule has 5 rings (SSSR count). The molecule has 0 radical (unpaired) electrons. The predicted molar refractivity (Wildman–Crippen MR) is 157 cm³/mol. The number of ether oxygens (including phenoxy) is 2. The van der Waals surface area contributed by atoms with Crippen LogP contribution in [-0.2, 0) is 15.6 Å². The van der Waals surface area contributed by atoms with E-state index in [0.717, 1.165) is 45.6 Å². The van der Waals surface area contributed by atoms with E-state index in [4.69, 9.17) is 9.47 Å². The molecule has 0 bridgehead atoms. The maximum absolute atomic E-state index is 11.4. The summed E-state index contributed by atoms with van der Waals surface area (Å²) in [6.07, 6.45) is 2.32. The summed E-state index contributed by atoms with van der Waals surface area (Å²) in [5, 5.41) is 9.34. The molecule has 4 heteroatoms. The quantitative estimate of drug-likeness (QED) is 0.248. The minimum atomic E-state index is -0.926. The highest BCUT2D eigenvalue weighted by atomic mass is 16.7. The van der Waals surface area contributed by atoms with Gasteiger partial charge in [0.2, 0.25) is 0 Å². The van der Waals surface area contributed by atoms with Crippen LogP contribution in [0.1, 0.15) is 62.0 Å². The Morgan fingerprint density at radius 1 is 0.718 bits per heavy atom. The Morgan fingerprint density at radius 3 is 2.05 bits per heavy atom. The predicted octanol–water partition coefficient (Wildman–Crippen LogP) is 8.72. The van der Waals surface area contributed by atoms with E-state index in [1.807, 2.05) is 30.3 Å². The number of benzene rings is 4. The Kier molecular flexibility index (Phi) is 7.09. The number of aromatic carboxylic acids is 1. The summed E-state index contributed by atoms with van der Waals surface area (Å²) in [5.41, 5.74) is 9.65. The van der Waals surface area contributed by atoms with Crippen molar-refractivity contribution in [2.75, 3.05) is 13.9 Å². The second-order valence-corrected chi connectivity index (χ2v) is 11.7. The fourth-order valence-corrected chi connectivity index (χ4v) is 5.70. The van der Waals surface area contributed by atoms with Gasteiger partial charge in [-0.3, -0.25) is 0 Å². The van der Waals surface area contributed by atoms with Crippen molar-refractivity contribution >= 4 is 5.97 Å². The van der Waals surface area contributed by atoms with E-state index >= 15 is 0 Å². The lowest BCUT2D eigenvalue weighted by Crippen LogP contribution is -2.33. The number of carboxylic acids is 1. The number of carboxylic acid groups (broad SMARTS) is 1. The lowest BCUT2D eigenvalue weighted by molar-refractivity contribution is 0.0515. The van der Waals surface area contributed by atoms with Crippen molar-refractivity contribution < 1.29 is 19.4 Å². The van der Waals surface area contributed by atoms with Crippen molar-refractivity contribution in [1.29, 1.82) is 0 Å². The third-order valence-corrected chi connectivity index (χ3v) is 8.16. The third kappa shape index (κ3) is 5.22. The molecule has 39 heavy (non-hydrogen) atoms. The van der Waals surface area contributed by atoms with Crippen molar-refractivity contribution in [3.63, 3.8) is 0 Å². The molecule has 4 aromatic rings. The summed E-state index contributed by atoms with van der Waals surface area (Å²) in [7, 11) is 1.62. The number of methoxy groups -OCH3 is 1. The van der Waals surface area contributed by atoms with Gasteiger partial charge in [0.15, 0.2) is 6.79 Å². The molecule has 0 spiro atoms. The Labute approximate surface area is 231 Å². The molecular formula is C35H36O4. The molecule has 1 aliphatic carbocycles. The first-order valence-corrected chi connectivity index (χ1v) is 13.4. The van der Waals surface area contributed by atoms with Crippen LogP contribution in [0.15, 0.2) is 84.9 Å². The van der Waals surface area contributed by atoms with E-state index in [2.05, 4.69) is 70.2 Å². The maximum atomic E-state index is 11.4. The van der Waals surface area contributed by atoms with E-state index < -0.39 is 5.97 Å². The molecule has 0 aliphatic heterocycles. The minimum Gasteiger partial charge on any atom is -0.478 e. The molecule has 4 aromatic carbocycles. The number of hydrogen-bond donors (Lipinski definition) is 1. The number of carbonyl (C=O) groups is 1. The third-order valence-electron chi connectivity index (χ3n) is 8.16. The lowest BCUT2D eigenvalue weighted by Gasteiger charge is -2.42. The van der Waals surface area contributed by atoms with Gasteiger partial charge in [-0.1, -0.05) is 88.4 Å². The summed E-state index contributed by atoms with van der Waals surface area (Å²) in [5.74, 6) is -0.163. The molecule has 1 aliphatic rings. The molecule has 0 saturated carbocycles. The summed E-state index contributed by atoms with van der Waals surface area (Å²) in [6.45, 7) is 9.55. The highest BCUT2D eigenvalue weighted by Gasteiger charge is 2.37. The average molecular weight is 521 g/mol. The Balaban J connectivity index is 1.71. The Hall–Kier alpha value is -3.89. The first-order chi connectivity index (χ1) is 18.6. The summed E-state index contributed by atoms with van der Waals surface area (Å²) in [4.78, 5) is 11.4. The van der Waals surface area contributed by atoms with Crippen LogP contribution in [0.2, 0.25) is 0 Å². The van der Waals surface area contributed by atoms with Crippen LogP contribution in [-0.4, -0.2) is 25.0 Å². The molecule has 0 aromatic heterocycles. The van der Waals surface area contributed by atoms with E-state index in [1.54, 1.807) is 19.2 Å².